The summed E-state index contributed by atoms with van der Waals surface area (Å²) in [5.74, 6) is 0.782. The summed E-state index contributed by atoms with van der Waals surface area (Å²) >= 11 is 0. The van der Waals surface area contributed by atoms with E-state index in [0.29, 0.717) is 6.54 Å². The molecule has 0 saturated heterocycles. The summed E-state index contributed by atoms with van der Waals surface area (Å²) in [5, 5.41) is 0. The summed E-state index contributed by atoms with van der Waals surface area (Å²) in [7, 11) is 0. The first-order valence-electron chi connectivity index (χ1n) is 5.76. The fourth-order valence-corrected chi connectivity index (χ4v) is 2.24. The lowest BCUT2D eigenvalue weighted by Gasteiger charge is -2.21. The maximum atomic E-state index is 12.2. The summed E-state index contributed by atoms with van der Waals surface area (Å²) in [6.07, 6.45) is 2.86. The van der Waals surface area contributed by atoms with Gasteiger partial charge < -0.3 is 5.73 Å². The molecule has 0 fully saturated rings. The van der Waals surface area contributed by atoms with E-state index < -0.39 is 0 Å². The SMILES string of the molecule is Cc1nc2c(c(=O)n1CC(C)(C)N)CCC2. The standard InChI is InChI=1S/C12H19N3O/c1-8-14-10-6-4-5-9(10)11(16)15(8)7-12(2,3)13/h4-7,13H2,1-3H3. The van der Waals surface area contributed by atoms with Crippen LogP contribution >= 0.6 is 0 Å². The van der Waals surface area contributed by atoms with Gasteiger partial charge in [0.1, 0.15) is 5.82 Å². The first kappa shape index (κ1) is 11.3. The van der Waals surface area contributed by atoms with Gasteiger partial charge in [0.2, 0.25) is 0 Å². The van der Waals surface area contributed by atoms with E-state index in [2.05, 4.69) is 4.98 Å². The van der Waals surface area contributed by atoms with Crippen LogP contribution in [0.5, 0.6) is 0 Å². The second-order valence-electron chi connectivity index (χ2n) is 5.32. The van der Waals surface area contributed by atoms with Crippen LogP contribution < -0.4 is 11.3 Å². The van der Waals surface area contributed by atoms with Crippen LogP contribution in [0.3, 0.4) is 0 Å². The maximum Gasteiger partial charge on any atom is 0.256 e. The van der Waals surface area contributed by atoms with Crippen LogP contribution in [0.1, 0.15) is 37.4 Å². The van der Waals surface area contributed by atoms with Gasteiger partial charge in [-0.25, -0.2) is 4.98 Å². The molecule has 0 saturated carbocycles. The summed E-state index contributed by atoms with van der Waals surface area (Å²) in [4.78, 5) is 16.7. The highest BCUT2D eigenvalue weighted by atomic mass is 16.1. The average molecular weight is 221 g/mol. The number of fused-ring (bicyclic) bond motifs is 1. The van der Waals surface area contributed by atoms with Crippen molar-refractivity contribution >= 4 is 0 Å². The van der Waals surface area contributed by atoms with E-state index >= 15 is 0 Å². The quantitative estimate of drug-likeness (QED) is 0.802. The summed E-state index contributed by atoms with van der Waals surface area (Å²) in [6.45, 7) is 6.25. The fraction of sp³-hybridized carbons (Fsp3) is 0.667. The van der Waals surface area contributed by atoms with Crippen molar-refractivity contribution in [1.82, 2.24) is 9.55 Å². The third-order valence-corrected chi connectivity index (χ3v) is 2.95. The van der Waals surface area contributed by atoms with Gasteiger partial charge >= 0.3 is 0 Å². The van der Waals surface area contributed by atoms with Gasteiger partial charge in [-0.05, 0) is 40.0 Å². The highest BCUT2D eigenvalue weighted by Gasteiger charge is 2.21. The van der Waals surface area contributed by atoms with Crippen LogP contribution in [0.4, 0.5) is 0 Å². The molecule has 1 aromatic heterocycles. The molecule has 0 amide bonds. The molecule has 4 nitrogen and oxygen atoms in total. The van der Waals surface area contributed by atoms with E-state index in [1.165, 1.54) is 0 Å². The van der Waals surface area contributed by atoms with Crippen molar-refractivity contribution in [1.29, 1.82) is 0 Å². The van der Waals surface area contributed by atoms with Crippen molar-refractivity contribution in [2.24, 2.45) is 5.73 Å². The molecule has 88 valence electrons. The Bertz CT molecular complexity index is 468. The Balaban J connectivity index is 2.51. The molecule has 0 aliphatic heterocycles. The highest BCUT2D eigenvalue weighted by molar-refractivity contribution is 5.23. The zero-order valence-electron chi connectivity index (χ0n) is 10.2. The van der Waals surface area contributed by atoms with Gasteiger partial charge in [0, 0.05) is 17.6 Å². The number of nitrogens with zero attached hydrogens (tertiary/aromatic N) is 2. The maximum absolute atomic E-state index is 12.2. The van der Waals surface area contributed by atoms with Crippen molar-refractivity contribution in [2.75, 3.05) is 0 Å². The molecule has 0 bridgehead atoms. The van der Waals surface area contributed by atoms with Gasteiger partial charge in [-0.15, -0.1) is 0 Å². The smallest absolute Gasteiger partial charge is 0.256 e. The Hall–Kier alpha value is -1.16. The second-order valence-corrected chi connectivity index (χ2v) is 5.32. The highest BCUT2D eigenvalue weighted by Crippen LogP contribution is 2.17. The molecule has 0 atom stereocenters. The third kappa shape index (κ3) is 2.02. The van der Waals surface area contributed by atoms with Crippen molar-refractivity contribution in [3.63, 3.8) is 0 Å². The predicted octanol–water partition coefficient (Wildman–Crippen LogP) is 0.778. The molecule has 16 heavy (non-hydrogen) atoms. The van der Waals surface area contributed by atoms with Gasteiger partial charge in [0.05, 0.1) is 5.69 Å². The molecule has 0 unspecified atom stereocenters. The monoisotopic (exact) mass is 221 g/mol. The van der Waals surface area contributed by atoms with Crippen LogP contribution in [0, 0.1) is 6.92 Å². The molecule has 1 aromatic rings. The topological polar surface area (TPSA) is 60.9 Å². The second kappa shape index (κ2) is 3.70. The normalized spacial score (nSPS) is 15.2. The Labute approximate surface area is 95.5 Å². The van der Waals surface area contributed by atoms with Gasteiger partial charge in [0.25, 0.3) is 5.56 Å². The molecule has 0 spiro atoms. The van der Waals surface area contributed by atoms with E-state index in [1.807, 2.05) is 20.8 Å². The minimum Gasteiger partial charge on any atom is -0.324 e. The fourth-order valence-electron chi connectivity index (χ4n) is 2.24. The van der Waals surface area contributed by atoms with Crippen molar-refractivity contribution in [3.05, 3.63) is 27.4 Å². The number of hydrogen-bond acceptors (Lipinski definition) is 3. The summed E-state index contributed by atoms with van der Waals surface area (Å²) in [6, 6.07) is 0. The van der Waals surface area contributed by atoms with Crippen LogP contribution in [-0.2, 0) is 19.4 Å². The molecule has 1 aliphatic rings. The molecule has 1 aliphatic carbocycles. The number of rotatable bonds is 2. The Kier molecular flexibility index (Phi) is 2.62. The minimum atomic E-state index is -0.386. The van der Waals surface area contributed by atoms with Gasteiger partial charge in [0.15, 0.2) is 0 Å². The number of nitrogens with two attached hydrogens (primary N) is 1. The molecular formula is C12H19N3O. The van der Waals surface area contributed by atoms with Gasteiger partial charge in [-0.2, -0.15) is 0 Å². The molecule has 0 aromatic carbocycles. The summed E-state index contributed by atoms with van der Waals surface area (Å²) in [5.41, 5.74) is 7.58. The van der Waals surface area contributed by atoms with Gasteiger partial charge in [-0.1, -0.05) is 0 Å². The minimum absolute atomic E-state index is 0.110. The lowest BCUT2D eigenvalue weighted by Crippen LogP contribution is -2.42. The number of hydrogen-bond donors (Lipinski definition) is 1. The van der Waals surface area contributed by atoms with Crippen LogP contribution in [0.25, 0.3) is 0 Å². The summed E-state index contributed by atoms with van der Waals surface area (Å²) < 4.78 is 1.71. The van der Waals surface area contributed by atoms with Crippen LogP contribution in [0.2, 0.25) is 0 Å². The van der Waals surface area contributed by atoms with Gasteiger partial charge in [-0.3, -0.25) is 9.36 Å². The molecule has 4 heteroatoms. The van der Waals surface area contributed by atoms with E-state index in [4.69, 9.17) is 5.73 Å². The molecular weight excluding hydrogens is 202 g/mol. The number of aryl methyl sites for hydroxylation is 2. The molecule has 0 radical (unpaired) electrons. The first-order valence-corrected chi connectivity index (χ1v) is 5.76. The molecule has 1 heterocycles. The van der Waals surface area contributed by atoms with E-state index in [0.717, 1.165) is 36.3 Å². The van der Waals surface area contributed by atoms with Crippen molar-refractivity contribution in [3.8, 4) is 0 Å². The van der Waals surface area contributed by atoms with E-state index in [-0.39, 0.29) is 11.1 Å². The molecule has 2 N–H and O–H groups in total. The largest absolute Gasteiger partial charge is 0.324 e. The third-order valence-electron chi connectivity index (χ3n) is 2.95. The predicted molar refractivity (Wildman–Crippen MR) is 63.5 cm³/mol. The lowest BCUT2D eigenvalue weighted by molar-refractivity contribution is 0.415. The van der Waals surface area contributed by atoms with Crippen molar-refractivity contribution < 1.29 is 0 Å². The first-order chi connectivity index (χ1) is 7.38. The Morgan fingerprint density at radius 1 is 1.44 bits per heavy atom. The Morgan fingerprint density at radius 2 is 2.12 bits per heavy atom. The average Bonchev–Trinajstić information content (AvgIpc) is 2.58. The zero-order chi connectivity index (χ0) is 11.9. The van der Waals surface area contributed by atoms with E-state index in [1.54, 1.807) is 4.57 Å². The van der Waals surface area contributed by atoms with E-state index in [9.17, 15) is 4.79 Å². The Morgan fingerprint density at radius 3 is 2.75 bits per heavy atom. The van der Waals surface area contributed by atoms with Crippen molar-refractivity contribution in [2.45, 2.75) is 52.1 Å². The number of aromatic nitrogens is 2. The lowest BCUT2D eigenvalue weighted by atomic mass is 10.1. The zero-order valence-corrected chi connectivity index (χ0v) is 10.2. The molecule has 2 rings (SSSR count). The van der Waals surface area contributed by atoms with Crippen LogP contribution in [-0.4, -0.2) is 15.1 Å². The van der Waals surface area contributed by atoms with Crippen LogP contribution in [0.15, 0.2) is 4.79 Å².